The van der Waals surface area contributed by atoms with Gasteiger partial charge in [0, 0.05) is 100.0 Å². The van der Waals surface area contributed by atoms with Gasteiger partial charge in [-0.1, -0.05) is 328 Å². The topological polar surface area (TPSA) is 26.2 Å². The minimum atomic E-state index is 1.09. The van der Waals surface area contributed by atoms with Crippen LogP contribution in [0.5, 0.6) is 0 Å². The molecule has 0 spiro atoms. The molecule has 0 radical (unpaired) electrons. The second-order valence-corrected chi connectivity index (χ2v) is 33.1. The quantitative estimate of drug-likeness (QED) is 0.0901. The molecule has 4 aromatic heterocycles. The summed E-state index contributed by atoms with van der Waals surface area (Å²) >= 11 is 0. The maximum atomic E-state index is 2.41. The standard InChI is InChI=1S/C62H41N3.C60H41N3/c1-2-11-42(12-3-1)43-25-33-50(34-26-43)63(52-37-31-46(32-38-52)49-15-8-16-54(41-49)65-57-19-6-4-17-55(57)56-18-5-7-20-58(56)65)51-35-27-44(28-36-51)45-29-39-53(40-30-45)64-59-21-9-13-47-23-24-48-14-10-22-60(64)62(48)61(47)59;1-2-13-42(14-3-1)43-25-33-48(34-26-43)61(49-35-27-44(28-36-49)45-29-39-51(40-30-45)62-57-21-8-4-17-53(57)54-18-5-9-22-58(54)62)50-37-31-46(32-38-50)47-15-12-16-52(41-47)63-59-23-10-6-19-55(59)56-20-7-11-24-60(56)63/h1-41H;1-41H. The number of anilines is 6. The van der Waals surface area contributed by atoms with E-state index in [9.17, 15) is 0 Å². The minimum absolute atomic E-state index is 1.09. The first-order valence-corrected chi connectivity index (χ1v) is 43.9. The number of hydrogen-bond donors (Lipinski definition) is 0. The lowest BCUT2D eigenvalue weighted by atomic mass is 10.0. The highest BCUT2D eigenvalue weighted by Gasteiger charge is 2.22. The van der Waals surface area contributed by atoms with Gasteiger partial charge in [0.25, 0.3) is 0 Å². The molecule has 0 aliphatic rings. The van der Waals surface area contributed by atoms with Crippen LogP contribution in [0.25, 0.3) is 188 Å². The first-order valence-electron chi connectivity index (χ1n) is 43.9. The van der Waals surface area contributed by atoms with Crippen LogP contribution in [-0.4, -0.2) is 18.3 Å². The summed E-state index contributed by atoms with van der Waals surface area (Å²) in [7, 11) is 0. The van der Waals surface area contributed by atoms with Gasteiger partial charge in [0.15, 0.2) is 0 Å². The van der Waals surface area contributed by atoms with E-state index in [-0.39, 0.29) is 0 Å². The van der Waals surface area contributed by atoms with Gasteiger partial charge < -0.3 is 28.1 Å². The van der Waals surface area contributed by atoms with E-state index in [0.29, 0.717) is 0 Å². The zero-order valence-corrected chi connectivity index (χ0v) is 70.0. The van der Waals surface area contributed by atoms with E-state index in [2.05, 4.69) is 526 Å². The van der Waals surface area contributed by atoms with E-state index in [1.807, 2.05) is 0 Å². The highest BCUT2D eigenvalue weighted by molar-refractivity contribution is 6.24. The van der Waals surface area contributed by atoms with Gasteiger partial charge in [0.05, 0.1) is 44.1 Å². The van der Waals surface area contributed by atoms with Gasteiger partial charge in [0.2, 0.25) is 0 Å². The van der Waals surface area contributed by atoms with Gasteiger partial charge in [0.1, 0.15) is 0 Å². The highest BCUT2D eigenvalue weighted by Crippen LogP contribution is 2.45. The third-order valence-electron chi connectivity index (χ3n) is 25.8. The molecule has 4 heterocycles. The zero-order chi connectivity index (χ0) is 84.5. The van der Waals surface area contributed by atoms with E-state index in [0.717, 1.165) is 56.9 Å². The SMILES string of the molecule is c1ccc(-c2ccc(N(c3ccc(-c4ccc(-n5c6cccc7ccc8cccc5c8c76)cc4)cc3)c3ccc(-c4cccc(-n5c6ccccc6c6ccccc65)c4)cc3)cc2)cc1.c1ccc(-c2ccc(N(c3ccc(-c4ccc(-n5c6ccccc6c6ccccc65)cc4)cc3)c3ccc(-c4cccc(-n5c6ccccc6c6ccccc65)c4)cc3)cc2)cc1. The van der Waals surface area contributed by atoms with E-state index < -0.39 is 0 Å². The molecule has 25 rings (SSSR count). The Hall–Kier alpha value is -17.1. The smallest absolute Gasteiger partial charge is 0.0547 e. The van der Waals surface area contributed by atoms with Crippen molar-refractivity contribution in [3.63, 3.8) is 0 Å². The summed E-state index contributed by atoms with van der Waals surface area (Å²) in [6.45, 7) is 0. The van der Waals surface area contributed by atoms with Gasteiger partial charge in [-0.2, -0.15) is 0 Å². The molecule has 0 N–H and O–H groups in total. The summed E-state index contributed by atoms with van der Waals surface area (Å²) in [6, 6.07) is 180. The van der Waals surface area contributed by atoms with Crippen LogP contribution in [0.1, 0.15) is 0 Å². The number of fused-ring (bicyclic) bond motifs is 9. The van der Waals surface area contributed by atoms with E-state index in [1.54, 1.807) is 0 Å². The lowest BCUT2D eigenvalue weighted by molar-refractivity contribution is 1.18. The molecule has 0 atom stereocenters. The van der Waals surface area contributed by atoms with Gasteiger partial charge in [-0.05, 0) is 247 Å². The summed E-state index contributed by atoms with van der Waals surface area (Å²) in [4.78, 5) is 4.70. The fourth-order valence-corrected chi connectivity index (χ4v) is 19.7. The van der Waals surface area contributed by atoms with Crippen LogP contribution in [0.4, 0.5) is 34.1 Å². The molecule has 0 fully saturated rings. The number of nitrogens with zero attached hydrogens (tertiary/aromatic N) is 6. The maximum absolute atomic E-state index is 2.41. The van der Waals surface area contributed by atoms with Crippen molar-refractivity contribution < 1.29 is 0 Å². The van der Waals surface area contributed by atoms with Crippen molar-refractivity contribution in [1.29, 1.82) is 0 Å². The van der Waals surface area contributed by atoms with Crippen molar-refractivity contribution in [3.05, 3.63) is 497 Å². The Morgan fingerprint density at radius 2 is 0.320 bits per heavy atom. The molecule has 0 amide bonds. The minimum Gasteiger partial charge on any atom is -0.311 e. The molecule has 128 heavy (non-hydrogen) atoms. The van der Waals surface area contributed by atoms with Gasteiger partial charge >= 0.3 is 0 Å². The van der Waals surface area contributed by atoms with Crippen LogP contribution in [0.3, 0.4) is 0 Å². The maximum Gasteiger partial charge on any atom is 0.0547 e. The first kappa shape index (κ1) is 74.7. The highest BCUT2D eigenvalue weighted by atomic mass is 15.1. The molecule has 6 heteroatoms. The molecule has 21 aromatic carbocycles. The summed E-state index contributed by atoms with van der Waals surface area (Å²) in [5, 5.41) is 12.8. The number of hydrogen-bond acceptors (Lipinski definition) is 2. The van der Waals surface area contributed by atoms with Crippen LogP contribution in [-0.2, 0) is 0 Å². The Morgan fingerprint density at radius 1 is 0.125 bits per heavy atom. The van der Waals surface area contributed by atoms with Crippen molar-refractivity contribution in [1.82, 2.24) is 18.3 Å². The summed E-state index contributed by atoms with van der Waals surface area (Å²) in [5.41, 5.74) is 35.1. The molecule has 6 nitrogen and oxygen atoms in total. The largest absolute Gasteiger partial charge is 0.311 e. The van der Waals surface area contributed by atoms with Gasteiger partial charge in [-0.15, -0.1) is 0 Å². The fraction of sp³-hybridized carbons (Fsp3) is 0. The molecule has 0 aliphatic carbocycles. The number of para-hydroxylation sites is 6. The first-order chi connectivity index (χ1) is 63.5. The number of rotatable bonds is 16. The normalized spacial score (nSPS) is 11.6. The Balaban J connectivity index is 0.000000143. The average molecular weight is 1630 g/mol. The molecule has 0 unspecified atom stereocenters. The van der Waals surface area contributed by atoms with Crippen molar-refractivity contribution >= 4 is 132 Å². The third kappa shape index (κ3) is 13.2. The lowest BCUT2D eigenvalue weighted by Gasteiger charge is -2.26. The van der Waals surface area contributed by atoms with Crippen LogP contribution in [0.15, 0.2) is 497 Å². The summed E-state index contributed by atoms with van der Waals surface area (Å²) in [5.74, 6) is 0. The average Bonchev–Trinajstić information content (AvgIpc) is 1.55. The monoisotopic (exact) mass is 1630 g/mol. The fourth-order valence-electron chi connectivity index (χ4n) is 19.7. The molecular weight excluding hydrogens is 1550 g/mol. The Labute approximate surface area is 742 Å². The van der Waals surface area contributed by atoms with E-state index in [1.165, 1.54) is 165 Å². The lowest BCUT2D eigenvalue weighted by Crippen LogP contribution is -2.09. The predicted octanol–water partition coefficient (Wildman–Crippen LogP) is 33.3. The molecule has 600 valence electrons. The zero-order valence-electron chi connectivity index (χ0n) is 70.0. The molecular formula is C122H82N6. The van der Waals surface area contributed by atoms with Crippen molar-refractivity contribution in [3.8, 4) is 89.5 Å². The molecule has 0 saturated heterocycles. The molecule has 0 saturated carbocycles. The molecule has 0 aliphatic heterocycles. The van der Waals surface area contributed by atoms with Gasteiger partial charge in [-0.25, -0.2) is 0 Å². The van der Waals surface area contributed by atoms with Crippen LogP contribution >= 0.6 is 0 Å². The third-order valence-corrected chi connectivity index (χ3v) is 25.8. The van der Waals surface area contributed by atoms with Crippen LogP contribution in [0, 0.1) is 0 Å². The number of aromatic nitrogens is 4. The number of benzene rings is 21. The van der Waals surface area contributed by atoms with E-state index in [4.69, 9.17) is 0 Å². The second-order valence-electron chi connectivity index (χ2n) is 33.1. The molecule has 25 aromatic rings. The Morgan fingerprint density at radius 3 is 0.594 bits per heavy atom. The Kier molecular flexibility index (Phi) is 18.5. The summed E-state index contributed by atoms with van der Waals surface area (Å²) in [6.07, 6.45) is 0. The van der Waals surface area contributed by atoms with Crippen molar-refractivity contribution in [2.75, 3.05) is 9.80 Å². The van der Waals surface area contributed by atoms with Gasteiger partial charge in [-0.3, -0.25) is 0 Å². The van der Waals surface area contributed by atoms with E-state index >= 15 is 0 Å². The van der Waals surface area contributed by atoms with Crippen molar-refractivity contribution in [2.45, 2.75) is 0 Å². The van der Waals surface area contributed by atoms with Crippen LogP contribution in [0.2, 0.25) is 0 Å². The summed E-state index contributed by atoms with van der Waals surface area (Å²) < 4.78 is 9.54. The van der Waals surface area contributed by atoms with Crippen molar-refractivity contribution in [2.24, 2.45) is 0 Å². The Bertz CT molecular complexity index is 8190. The predicted molar refractivity (Wildman–Crippen MR) is 541 cm³/mol. The second kappa shape index (κ2) is 31.7. The molecule has 0 bridgehead atoms. The van der Waals surface area contributed by atoms with Crippen LogP contribution < -0.4 is 9.80 Å².